The number of hydrogen-bond donors (Lipinski definition) is 1. The quantitative estimate of drug-likeness (QED) is 0.868. The van der Waals surface area contributed by atoms with Gasteiger partial charge in [-0.25, -0.2) is 9.18 Å². The van der Waals surface area contributed by atoms with E-state index in [2.05, 4.69) is 0 Å². The van der Waals surface area contributed by atoms with E-state index in [0.29, 0.717) is 13.1 Å². The van der Waals surface area contributed by atoms with Crippen LogP contribution in [0, 0.1) is 11.7 Å². The Labute approximate surface area is 122 Å². The number of aliphatic carboxylic acids is 1. The Morgan fingerprint density at radius 1 is 1.52 bits per heavy atom. The van der Waals surface area contributed by atoms with Crippen LogP contribution in [-0.4, -0.2) is 28.4 Å². The van der Waals surface area contributed by atoms with E-state index >= 15 is 0 Å². The van der Waals surface area contributed by atoms with Crippen molar-refractivity contribution in [3.05, 3.63) is 41.2 Å². The summed E-state index contributed by atoms with van der Waals surface area (Å²) in [6, 6.07) is 4.51. The molecule has 2 rings (SSSR count). The number of halogens is 1. The average Bonchev–Trinajstić information content (AvgIpc) is 2.44. The highest BCUT2D eigenvalue weighted by Crippen LogP contribution is 2.20. The molecule has 1 aromatic carbocycles. The maximum absolute atomic E-state index is 13.6. The van der Waals surface area contributed by atoms with Crippen LogP contribution in [0.4, 0.5) is 4.39 Å². The number of nitrogens with zero attached hydrogens (tertiary/aromatic N) is 1. The fourth-order valence-electron chi connectivity index (χ4n) is 2.49. The summed E-state index contributed by atoms with van der Waals surface area (Å²) in [7, 11) is 0. The Morgan fingerprint density at radius 2 is 2.29 bits per heavy atom. The van der Waals surface area contributed by atoms with Crippen molar-refractivity contribution in [2.24, 2.45) is 5.92 Å². The molecule has 1 N–H and O–H groups in total. The first-order valence-electron chi connectivity index (χ1n) is 6.95. The van der Waals surface area contributed by atoms with Crippen LogP contribution in [0.3, 0.4) is 0 Å². The lowest BCUT2D eigenvalue weighted by atomic mass is 9.98. The molecular weight excluding hydrogens is 273 g/mol. The summed E-state index contributed by atoms with van der Waals surface area (Å²) in [6.07, 6.45) is 4.00. The molecule has 0 aromatic heterocycles. The number of carboxylic acids is 1. The summed E-state index contributed by atoms with van der Waals surface area (Å²) in [5.74, 6) is -1.45. The monoisotopic (exact) mass is 291 g/mol. The van der Waals surface area contributed by atoms with E-state index in [1.807, 2.05) is 6.92 Å². The molecule has 0 bridgehead atoms. The molecule has 1 aliphatic rings. The number of benzene rings is 1. The van der Waals surface area contributed by atoms with E-state index < -0.39 is 11.8 Å². The van der Waals surface area contributed by atoms with Crippen LogP contribution < -0.4 is 0 Å². The van der Waals surface area contributed by atoms with Crippen LogP contribution >= 0.6 is 0 Å². The summed E-state index contributed by atoms with van der Waals surface area (Å²) in [4.78, 5) is 24.3. The molecule has 1 atom stereocenters. The Hall–Kier alpha value is -2.17. The van der Waals surface area contributed by atoms with E-state index in [4.69, 9.17) is 5.11 Å². The molecule has 1 heterocycles. The lowest BCUT2D eigenvalue weighted by Gasteiger charge is -2.30. The van der Waals surface area contributed by atoms with Gasteiger partial charge in [0.2, 0.25) is 5.91 Å². The highest BCUT2D eigenvalue weighted by molar-refractivity contribution is 5.85. The van der Waals surface area contributed by atoms with E-state index in [1.54, 1.807) is 17.0 Å². The number of likely N-dealkylation sites (tertiary alicyclic amines) is 1. The molecule has 1 aromatic rings. The van der Waals surface area contributed by atoms with Gasteiger partial charge in [0.25, 0.3) is 0 Å². The minimum Gasteiger partial charge on any atom is -0.478 e. The topological polar surface area (TPSA) is 57.6 Å². The number of carbonyl (C=O) groups is 2. The second-order valence-electron chi connectivity index (χ2n) is 5.33. The first-order valence-corrected chi connectivity index (χ1v) is 6.95. The zero-order valence-electron chi connectivity index (χ0n) is 11.9. The number of carbonyl (C=O) groups excluding carboxylic acids is 1. The van der Waals surface area contributed by atoms with Gasteiger partial charge in [-0.1, -0.05) is 13.0 Å². The third-order valence-corrected chi connectivity index (χ3v) is 3.64. The normalized spacial score (nSPS) is 19.2. The molecule has 1 fully saturated rings. The molecule has 1 amide bonds. The lowest BCUT2D eigenvalue weighted by Crippen LogP contribution is -2.39. The minimum absolute atomic E-state index is 0.0329. The van der Waals surface area contributed by atoms with Crippen molar-refractivity contribution in [2.75, 3.05) is 6.54 Å². The molecule has 0 saturated carbocycles. The third kappa shape index (κ3) is 3.90. The first-order chi connectivity index (χ1) is 9.97. The van der Waals surface area contributed by atoms with Gasteiger partial charge in [0.15, 0.2) is 0 Å². The fraction of sp³-hybridized carbons (Fsp3) is 0.375. The number of piperidine rings is 1. The van der Waals surface area contributed by atoms with Gasteiger partial charge < -0.3 is 10.0 Å². The summed E-state index contributed by atoms with van der Waals surface area (Å²) in [6.45, 7) is 3.05. The van der Waals surface area contributed by atoms with Crippen molar-refractivity contribution in [1.29, 1.82) is 0 Å². The number of rotatable bonds is 4. The lowest BCUT2D eigenvalue weighted by molar-refractivity contribution is -0.138. The maximum atomic E-state index is 13.6. The van der Waals surface area contributed by atoms with Crippen molar-refractivity contribution in [3.8, 4) is 0 Å². The van der Waals surface area contributed by atoms with E-state index in [-0.39, 0.29) is 17.4 Å². The van der Waals surface area contributed by atoms with E-state index in [9.17, 15) is 14.0 Å². The highest BCUT2D eigenvalue weighted by atomic mass is 19.1. The van der Waals surface area contributed by atoms with Crippen molar-refractivity contribution >= 4 is 18.0 Å². The summed E-state index contributed by atoms with van der Waals surface area (Å²) in [5, 5.41) is 8.60. The Bertz CT molecular complexity index is 583. The fourth-order valence-corrected chi connectivity index (χ4v) is 2.49. The molecule has 1 unspecified atom stereocenters. The third-order valence-electron chi connectivity index (χ3n) is 3.64. The van der Waals surface area contributed by atoms with Crippen LogP contribution in [-0.2, 0) is 16.1 Å². The van der Waals surface area contributed by atoms with Crippen LogP contribution in [0.5, 0.6) is 0 Å². The predicted molar refractivity (Wildman–Crippen MR) is 76.9 cm³/mol. The van der Waals surface area contributed by atoms with Gasteiger partial charge in [0, 0.05) is 30.6 Å². The Balaban J connectivity index is 2.15. The smallest absolute Gasteiger partial charge is 0.328 e. The molecule has 0 aliphatic carbocycles. The van der Waals surface area contributed by atoms with Gasteiger partial charge in [0.1, 0.15) is 5.82 Å². The zero-order valence-corrected chi connectivity index (χ0v) is 11.9. The minimum atomic E-state index is -1.13. The van der Waals surface area contributed by atoms with Crippen LogP contribution in [0.15, 0.2) is 24.3 Å². The molecule has 0 spiro atoms. The molecule has 112 valence electrons. The van der Waals surface area contributed by atoms with Crippen molar-refractivity contribution in [3.63, 3.8) is 0 Å². The van der Waals surface area contributed by atoms with Crippen molar-refractivity contribution in [1.82, 2.24) is 4.90 Å². The van der Waals surface area contributed by atoms with Gasteiger partial charge in [0.05, 0.1) is 0 Å². The van der Waals surface area contributed by atoms with Crippen molar-refractivity contribution in [2.45, 2.75) is 26.3 Å². The zero-order chi connectivity index (χ0) is 15.4. The van der Waals surface area contributed by atoms with Gasteiger partial charge in [-0.3, -0.25) is 4.79 Å². The largest absolute Gasteiger partial charge is 0.478 e. The number of carboxylic acid groups (broad SMARTS) is 1. The van der Waals surface area contributed by atoms with E-state index in [1.165, 1.54) is 12.1 Å². The predicted octanol–water partition coefficient (Wildman–Crippen LogP) is 2.68. The highest BCUT2D eigenvalue weighted by Gasteiger charge is 2.24. The molecule has 5 heteroatoms. The summed E-state index contributed by atoms with van der Waals surface area (Å²) in [5.41, 5.74) is 1.01. The van der Waals surface area contributed by atoms with Crippen LogP contribution in [0.25, 0.3) is 6.08 Å². The average molecular weight is 291 g/mol. The number of hydrogen-bond acceptors (Lipinski definition) is 2. The van der Waals surface area contributed by atoms with Gasteiger partial charge in [-0.2, -0.15) is 0 Å². The maximum Gasteiger partial charge on any atom is 0.328 e. The molecular formula is C16H18FNO3. The van der Waals surface area contributed by atoms with Gasteiger partial charge >= 0.3 is 5.97 Å². The summed E-state index contributed by atoms with van der Waals surface area (Å²) < 4.78 is 13.6. The summed E-state index contributed by atoms with van der Waals surface area (Å²) >= 11 is 0. The SMILES string of the molecule is CC1CCCN(Cc2ccc(F)c(/C=C/C(=O)O)c2)C1=O. The van der Waals surface area contributed by atoms with Crippen LogP contribution in [0.1, 0.15) is 30.9 Å². The second kappa shape index (κ2) is 6.52. The Kier molecular flexibility index (Phi) is 4.73. The Morgan fingerprint density at radius 3 is 3.00 bits per heavy atom. The van der Waals surface area contributed by atoms with E-state index in [0.717, 1.165) is 24.5 Å². The van der Waals surface area contributed by atoms with Gasteiger partial charge in [-0.15, -0.1) is 0 Å². The molecule has 1 aliphatic heterocycles. The van der Waals surface area contributed by atoms with Gasteiger partial charge in [-0.05, 0) is 36.6 Å². The van der Waals surface area contributed by atoms with Crippen LogP contribution in [0.2, 0.25) is 0 Å². The molecule has 0 radical (unpaired) electrons. The standard InChI is InChI=1S/C16H18FNO3/c1-11-3-2-8-18(16(11)21)10-12-4-6-14(17)13(9-12)5-7-15(19)20/h4-7,9,11H,2-3,8,10H2,1H3,(H,19,20)/b7-5+. The second-order valence-corrected chi connectivity index (χ2v) is 5.33. The van der Waals surface area contributed by atoms with Crippen molar-refractivity contribution < 1.29 is 19.1 Å². The molecule has 4 nitrogen and oxygen atoms in total. The molecule has 1 saturated heterocycles. The molecule has 21 heavy (non-hydrogen) atoms. The number of amides is 1. The first kappa shape index (κ1) is 15.2.